The van der Waals surface area contributed by atoms with Gasteiger partial charge >= 0.3 is 0 Å². The van der Waals surface area contributed by atoms with Gasteiger partial charge in [-0.25, -0.2) is 14.6 Å². The van der Waals surface area contributed by atoms with Gasteiger partial charge in [-0.15, -0.1) is 0 Å². The lowest BCUT2D eigenvalue weighted by Gasteiger charge is -2.03. The SMILES string of the molecule is CCOc1cc(C(=O)Nc2nonc2C)ncn1. The fourth-order valence-electron chi connectivity index (χ4n) is 1.21. The van der Waals surface area contributed by atoms with Crippen molar-refractivity contribution in [3.8, 4) is 5.88 Å². The van der Waals surface area contributed by atoms with Gasteiger partial charge in [-0.3, -0.25) is 4.79 Å². The Kier molecular flexibility index (Phi) is 3.46. The van der Waals surface area contributed by atoms with Gasteiger partial charge in [0.15, 0.2) is 0 Å². The molecule has 94 valence electrons. The highest BCUT2D eigenvalue weighted by Gasteiger charge is 2.13. The van der Waals surface area contributed by atoms with Gasteiger partial charge in [0, 0.05) is 6.07 Å². The van der Waals surface area contributed by atoms with Crippen LogP contribution < -0.4 is 10.1 Å². The number of amides is 1. The van der Waals surface area contributed by atoms with Crippen LogP contribution >= 0.6 is 0 Å². The summed E-state index contributed by atoms with van der Waals surface area (Å²) >= 11 is 0. The van der Waals surface area contributed by atoms with Crippen LogP contribution in [0.4, 0.5) is 5.82 Å². The summed E-state index contributed by atoms with van der Waals surface area (Å²) in [4.78, 5) is 19.6. The Labute approximate surface area is 102 Å². The molecule has 0 fully saturated rings. The van der Waals surface area contributed by atoms with E-state index in [-0.39, 0.29) is 11.5 Å². The molecule has 0 aromatic carbocycles. The van der Waals surface area contributed by atoms with E-state index >= 15 is 0 Å². The lowest BCUT2D eigenvalue weighted by atomic mass is 10.3. The Balaban J connectivity index is 2.14. The van der Waals surface area contributed by atoms with Crippen molar-refractivity contribution < 1.29 is 14.2 Å². The zero-order valence-electron chi connectivity index (χ0n) is 9.88. The van der Waals surface area contributed by atoms with Crippen molar-refractivity contribution in [3.63, 3.8) is 0 Å². The molecular formula is C10H11N5O3. The standard InChI is InChI=1S/C10H11N5O3/c1-3-17-8-4-7(11-5-12-8)10(16)13-9-6(2)14-18-15-9/h4-5H,3H2,1-2H3,(H,13,15,16). The van der Waals surface area contributed by atoms with Crippen LogP contribution in [0.3, 0.4) is 0 Å². The predicted octanol–water partition coefficient (Wildman–Crippen LogP) is 0.819. The van der Waals surface area contributed by atoms with Crippen molar-refractivity contribution >= 4 is 11.7 Å². The molecule has 0 bridgehead atoms. The number of carbonyl (C=O) groups is 1. The summed E-state index contributed by atoms with van der Waals surface area (Å²) in [5.41, 5.74) is 0.665. The van der Waals surface area contributed by atoms with Crippen LogP contribution in [0.25, 0.3) is 0 Å². The number of rotatable bonds is 4. The molecule has 8 heteroatoms. The summed E-state index contributed by atoms with van der Waals surface area (Å²) in [6, 6.07) is 1.45. The summed E-state index contributed by atoms with van der Waals surface area (Å²) in [6.45, 7) is 3.95. The van der Waals surface area contributed by atoms with Gasteiger partial charge in [0.2, 0.25) is 11.7 Å². The van der Waals surface area contributed by atoms with Crippen molar-refractivity contribution in [3.05, 3.63) is 23.8 Å². The minimum absolute atomic E-state index is 0.177. The van der Waals surface area contributed by atoms with Crippen LogP contribution in [-0.2, 0) is 0 Å². The monoisotopic (exact) mass is 249 g/mol. The molecule has 2 aromatic rings. The predicted molar refractivity (Wildman–Crippen MR) is 60.2 cm³/mol. The molecule has 0 radical (unpaired) electrons. The maximum Gasteiger partial charge on any atom is 0.275 e. The third-order valence-electron chi connectivity index (χ3n) is 2.05. The van der Waals surface area contributed by atoms with E-state index < -0.39 is 5.91 Å². The van der Waals surface area contributed by atoms with Gasteiger partial charge in [0.25, 0.3) is 5.91 Å². The Morgan fingerprint density at radius 2 is 2.28 bits per heavy atom. The van der Waals surface area contributed by atoms with Crippen molar-refractivity contribution in [2.45, 2.75) is 13.8 Å². The molecule has 0 aliphatic carbocycles. The zero-order chi connectivity index (χ0) is 13.0. The molecule has 2 aromatic heterocycles. The van der Waals surface area contributed by atoms with Gasteiger partial charge < -0.3 is 10.1 Å². The lowest BCUT2D eigenvalue weighted by Crippen LogP contribution is -2.15. The van der Waals surface area contributed by atoms with Crippen LogP contribution in [0.15, 0.2) is 17.0 Å². The van der Waals surface area contributed by atoms with Crippen LogP contribution in [0.5, 0.6) is 5.88 Å². The quantitative estimate of drug-likeness (QED) is 0.855. The van der Waals surface area contributed by atoms with Crippen molar-refractivity contribution in [1.82, 2.24) is 20.3 Å². The molecule has 18 heavy (non-hydrogen) atoms. The number of aromatic nitrogens is 4. The Hall–Kier alpha value is -2.51. The number of aryl methyl sites for hydroxylation is 1. The first-order valence-electron chi connectivity index (χ1n) is 5.26. The van der Waals surface area contributed by atoms with E-state index in [0.717, 1.165) is 0 Å². The first-order valence-corrected chi connectivity index (χ1v) is 5.26. The van der Waals surface area contributed by atoms with E-state index in [2.05, 4.69) is 30.2 Å². The molecule has 0 atom stereocenters. The number of anilines is 1. The average Bonchev–Trinajstić information content (AvgIpc) is 2.76. The van der Waals surface area contributed by atoms with Crippen LogP contribution in [0, 0.1) is 6.92 Å². The van der Waals surface area contributed by atoms with E-state index in [1.807, 2.05) is 6.92 Å². The highest BCUT2D eigenvalue weighted by atomic mass is 16.6. The second-order valence-corrected chi connectivity index (χ2v) is 3.33. The van der Waals surface area contributed by atoms with Gasteiger partial charge in [-0.2, -0.15) is 0 Å². The van der Waals surface area contributed by atoms with E-state index in [1.165, 1.54) is 12.4 Å². The molecule has 0 spiro atoms. The molecule has 0 saturated heterocycles. The van der Waals surface area contributed by atoms with Gasteiger partial charge in [0.05, 0.1) is 6.61 Å². The van der Waals surface area contributed by atoms with E-state index in [1.54, 1.807) is 6.92 Å². The van der Waals surface area contributed by atoms with E-state index in [4.69, 9.17) is 4.74 Å². The van der Waals surface area contributed by atoms with Crippen molar-refractivity contribution in [2.24, 2.45) is 0 Å². The maximum atomic E-state index is 11.9. The molecule has 1 N–H and O–H groups in total. The lowest BCUT2D eigenvalue weighted by molar-refractivity contribution is 0.102. The molecular weight excluding hydrogens is 238 g/mol. The molecule has 0 unspecified atom stereocenters. The average molecular weight is 249 g/mol. The normalized spacial score (nSPS) is 10.1. The van der Waals surface area contributed by atoms with Crippen LogP contribution in [-0.4, -0.2) is 32.8 Å². The number of nitrogens with one attached hydrogen (secondary N) is 1. The molecule has 2 rings (SSSR count). The van der Waals surface area contributed by atoms with Gasteiger partial charge in [0.1, 0.15) is 17.7 Å². The fraction of sp³-hybridized carbons (Fsp3) is 0.300. The van der Waals surface area contributed by atoms with Gasteiger partial charge in [-0.1, -0.05) is 5.16 Å². The smallest absolute Gasteiger partial charge is 0.275 e. The molecule has 1 amide bonds. The molecule has 2 heterocycles. The number of nitrogens with zero attached hydrogens (tertiary/aromatic N) is 4. The number of carbonyl (C=O) groups excluding carboxylic acids is 1. The maximum absolute atomic E-state index is 11.9. The second kappa shape index (κ2) is 5.21. The Morgan fingerprint density at radius 1 is 1.44 bits per heavy atom. The summed E-state index contributed by atoms with van der Waals surface area (Å²) in [6.07, 6.45) is 1.26. The van der Waals surface area contributed by atoms with Gasteiger partial charge in [-0.05, 0) is 19.0 Å². The van der Waals surface area contributed by atoms with Crippen molar-refractivity contribution in [1.29, 1.82) is 0 Å². The molecule has 0 saturated carbocycles. The molecule has 8 nitrogen and oxygen atoms in total. The third-order valence-corrected chi connectivity index (χ3v) is 2.05. The van der Waals surface area contributed by atoms with E-state index in [0.29, 0.717) is 18.2 Å². The highest BCUT2D eigenvalue weighted by Crippen LogP contribution is 2.11. The third kappa shape index (κ3) is 2.59. The largest absolute Gasteiger partial charge is 0.478 e. The number of hydrogen-bond acceptors (Lipinski definition) is 7. The van der Waals surface area contributed by atoms with Crippen LogP contribution in [0.2, 0.25) is 0 Å². The number of ether oxygens (including phenoxy) is 1. The summed E-state index contributed by atoms with van der Waals surface area (Å²) in [5.74, 6) is 0.168. The van der Waals surface area contributed by atoms with Crippen LogP contribution in [0.1, 0.15) is 23.1 Å². The summed E-state index contributed by atoms with van der Waals surface area (Å²) < 4.78 is 9.65. The van der Waals surface area contributed by atoms with Crippen molar-refractivity contribution in [2.75, 3.05) is 11.9 Å². The minimum atomic E-state index is -0.433. The minimum Gasteiger partial charge on any atom is -0.478 e. The number of hydrogen-bond donors (Lipinski definition) is 1. The zero-order valence-corrected chi connectivity index (χ0v) is 9.88. The molecule has 0 aliphatic heterocycles. The fourth-order valence-corrected chi connectivity index (χ4v) is 1.21. The highest BCUT2D eigenvalue weighted by molar-refractivity contribution is 6.02. The topological polar surface area (TPSA) is 103 Å². The first-order chi connectivity index (χ1) is 8.70. The second-order valence-electron chi connectivity index (χ2n) is 3.33. The Bertz CT molecular complexity index is 554. The molecule has 0 aliphatic rings. The van der Waals surface area contributed by atoms with E-state index in [9.17, 15) is 4.79 Å². The summed E-state index contributed by atoms with van der Waals surface area (Å²) in [5, 5.41) is 9.62. The summed E-state index contributed by atoms with van der Waals surface area (Å²) in [7, 11) is 0. The Morgan fingerprint density at radius 3 is 2.94 bits per heavy atom. The first kappa shape index (κ1) is 12.0.